The molecule has 1 aliphatic heterocycles. The maximum Gasteiger partial charge on any atom is 0.0841 e. The Morgan fingerprint density at radius 2 is 1.92 bits per heavy atom. The number of carbonyl (C=O) groups is 1. The van der Waals surface area contributed by atoms with E-state index < -0.39 is 0 Å². The molecule has 0 fully saturated rings. The molecular formula is C10H6NO-. The second-order valence-electron chi connectivity index (χ2n) is 2.48. The first kappa shape index (κ1) is 6.98. The van der Waals surface area contributed by atoms with E-state index in [9.17, 15) is 4.79 Å². The summed E-state index contributed by atoms with van der Waals surface area (Å²) in [6.07, 6.45) is 3.90. The van der Waals surface area contributed by atoms with Gasteiger partial charge in [-0.2, -0.15) is 0 Å². The number of Topliss-reactive ketones (excluding diaryl/α,β-unsaturated/α-hetero) is 1. The van der Waals surface area contributed by atoms with Gasteiger partial charge in [0.25, 0.3) is 0 Å². The van der Waals surface area contributed by atoms with Gasteiger partial charge in [0.1, 0.15) is 0 Å². The molecule has 0 saturated heterocycles. The lowest BCUT2D eigenvalue weighted by atomic mass is 10.1. The van der Waals surface area contributed by atoms with Crippen LogP contribution in [-0.2, 0) is 4.79 Å². The molecule has 2 nitrogen and oxygen atoms in total. The summed E-state index contributed by atoms with van der Waals surface area (Å²) >= 11 is 0. The molecule has 1 aliphatic rings. The fourth-order valence-corrected chi connectivity index (χ4v) is 1.10. The number of ketones is 1. The van der Waals surface area contributed by atoms with E-state index in [-0.39, 0.29) is 5.78 Å². The van der Waals surface area contributed by atoms with Crippen molar-refractivity contribution in [2.24, 2.45) is 4.99 Å². The number of allylic oxidation sites excluding steroid dienone is 1. The highest BCUT2D eigenvalue weighted by Gasteiger charge is 2.01. The summed E-state index contributed by atoms with van der Waals surface area (Å²) in [6, 6.07) is 9.45. The van der Waals surface area contributed by atoms with Gasteiger partial charge in [-0.3, -0.25) is 0 Å². The minimum atomic E-state index is -0.138. The SMILES string of the molecule is O=C1[C-]=NC=C1c1ccccc1. The van der Waals surface area contributed by atoms with E-state index >= 15 is 0 Å². The fraction of sp³-hybridized carbons (Fsp3) is 0. The predicted octanol–water partition coefficient (Wildman–Crippen LogP) is 1.56. The number of nitrogens with zero attached hydrogens (tertiary/aromatic N) is 1. The van der Waals surface area contributed by atoms with E-state index in [2.05, 4.69) is 11.2 Å². The molecule has 1 aromatic rings. The zero-order valence-corrected chi connectivity index (χ0v) is 6.32. The van der Waals surface area contributed by atoms with Crippen molar-refractivity contribution in [1.82, 2.24) is 0 Å². The van der Waals surface area contributed by atoms with Crippen LogP contribution >= 0.6 is 0 Å². The van der Waals surface area contributed by atoms with Crippen molar-refractivity contribution in [2.45, 2.75) is 0 Å². The number of benzene rings is 1. The van der Waals surface area contributed by atoms with Crippen LogP contribution in [0, 0.1) is 0 Å². The third-order valence-electron chi connectivity index (χ3n) is 1.69. The molecule has 0 amide bonds. The van der Waals surface area contributed by atoms with Crippen LogP contribution in [0.5, 0.6) is 0 Å². The highest BCUT2D eigenvalue weighted by molar-refractivity contribution is 6.49. The standard InChI is InChI=1S/C10H6NO/c12-10-7-11-6-9(10)8-4-2-1-3-5-8/h1-6H/q-1. The third kappa shape index (κ3) is 1.07. The molecule has 0 aromatic heterocycles. The van der Waals surface area contributed by atoms with Crippen LogP contribution in [0.3, 0.4) is 0 Å². The summed E-state index contributed by atoms with van der Waals surface area (Å²) in [4.78, 5) is 14.8. The lowest BCUT2D eigenvalue weighted by Crippen LogP contribution is -1.97. The van der Waals surface area contributed by atoms with E-state index in [4.69, 9.17) is 0 Å². The zero-order valence-electron chi connectivity index (χ0n) is 6.32. The first-order valence-electron chi connectivity index (χ1n) is 3.64. The molecule has 0 bridgehead atoms. The van der Waals surface area contributed by atoms with Crippen LogP contribution in [-0.4, -0.2) is 12.0 Å². The Morgan fingerprint density at radius 3 is 2.50 bits per heavy atom. The summed E-state index contributed by atoms with van der Waals surface area (Å²) in [5.74, 6) is -0.138. The van der Waals surface area contributed by atoms with E-state index in [1.165, 1.54) is 6.20 Å². The molecule has 0 unspecified atom stereocenters. The fourth-order valence-electron chi connectivity index (χ4n) is 1.10. The quantitative estimate of drug-likeness (QED) is 0.567. The van der Waals surface area contributed by atoms with Gasteiger partial charge in [-0.25, -0.2) is 0 Å². The summed E-state index contributed by atoms with van der Waals surface area (Å²) in [6.45, 7) is 0. The van der Waals surface area contributed by atoms with Crippen molar-refractivity contribution in [3.05, 3.63) is 42.1 Å². The Bertz CT molecular complexity index is 363. The van der Waals surface area contributed by atoms with Gasteiger partial charge < -0.3 is 9.79 Å². The molecule has 58 valence electrons. The Hall–Kier alpha value is -1.70. The van der Waals surface area contributed by atoms with E-state index in [0.29, 0.717) is 5.57 Å². The molecule has 2 rings (SSSR count). The monoisotopic (exact) mass is 156 g/mol. The average molecular weight is 156 g/mol. The van der Waals surface area contributed by atoms with Gasteiger partial charge in [0.05, 0.1) is 5.78 Å². The molecule has 2 heteroatoms. The summed E-state index contributed by atoms with van der Waals surface area (Å²) in [7, 11) is 0. The van der Waals surface area contributed by atoms with Crippen molar-refractivity contribution in [3.8, 4) is 0 Å². The number of rotatable bonds is 1. The van der Waals surface area contributed by atoms with E-state index in [0.717, 1.165) is 5.56 Å². The first-order valence-corrected chi connectivity index (χ1v) is 3.64. The maximum atomic E-state index is 11.1. The molecule has 0 saturated carbocycles. The first-order chi connectivity index (χ1) is 5.88. The minimum Gasteiger partial charge on any atom is -0.401 e. The van der Waals surface area contributed by atoms with Gasteiger partial charge in [-0.05, 0) is 6.21 Å². The molecule has 0 atom stereocenters. The molecule has 0 N–H and O–H groups in total. The van der Waals surface area contributed by atoms with Gasteiger partial charge in [0.15, 0.2) is 0 Å². The molecule has 12 heavy (non-hydrogen) atoms. The lowest BCUT2D eigenvalue weighted by Gasteiger charge is -2.05. The summed E-state index contributed by atoms with van der Waals surface area (Å²) < 4.78 is 0. The number of hydrogen-bond donors (Lipinski definition) is 0. The van der Waals surface area contributed by atoms with Gasteiger partial charge in [-0.15, -0.1) is 11.8 Å². The van der Waals surface area contributed by atoms with Gasteiger partial charge in [0.2, 0.25) is 0 Å². The third-order valence-corrected chi connectivity index (χ3v) is 1.69. The highest BCUT2D eigenvalue weighted by Crippen LogP contribution is 2.17. The Kier molecular flexibility index (Phi) is 1.59. The second-order valence-corrected chi connectivity index (χ2v) is 2.48. The zero-order chi connectivity index (χ0) is 8.39. The Morgan fingerprint density at radius 1 is 1.17 bits per heavy atom. The highest BCUT2D eigenvalue weighted by atomic mass is 16.1. The van der Waals surface area contributed by atoms with Crippen LogP contribution in [0.2, 0.25) is 0 Å². The number of carbonyl (C=O) groups excluding carboxylic acids is 1. The van der Waals surface area contributed by atoms with Crippen LogP contribution in [0.15, 0.2) is 41.5 Å². The average Bonchev–Trinajstić information content (AvgIpc) is 2.53. The Balaban J connectivity index is 2.40. The van der Waals surface area contributed by atoms with E-state index in [1.54, 1.807) is 0 Å². The Labute approximate surface area is 70.3 Å². The van der Waals surface area contributed by atoms with Crippen LogP contribution in [0.1, 0.15) is 5.56 Å². The largest absolute Gasteiger partial charge is 0.401 e. The van der Waals surface area contributed by atoms with Crippen LogP contribution in [0.25, 0.3) is 5.57 Å². The molecule has 0 aliphatic carbocycles. The van der Waals surface area contributed by atoms with Gasteiger partial charge in [-0.1, -0.05) is 35.9 Å². The van der Waals surface area contributed by atoms with Crippen LogP contribution < -0.4 is 0 Å². The van der Waals surface area contributed by atoms with Gasteiger partial charge in [0, 0.05) is 0 Å². The number of hydrogen-bond acceptors (Lipinski definition) is 2. The van der Waals surface area contributed by atoms with Crippen LogP contribution in [0.4, 0.5) is 0 Å². The smallest absolute Gasteiger partial charge is 0.0841 e. The molecule has 0 radical (unpaired) electrons. The van der Waals surface area contributed by atoms with Crippen molar-refractivity contribution >= 4 is 17.6 Å². The maximum absolute atomic E-state index is 11.1. The predicted molar refractivity (Wildman–Crippen MR) is 46.9 cm³/mol. The number of aliphatic imine (C=N–C) groups is 1. The van der Waals surface area contributed by atoms with Gasteiger partial charge >= 0.3 is 0 Å². The van der Waals surface area contributed by atoms with E-state index in [1.807, 2.05) is 30.3 Å². The lowest BCUT2D eigenvalue weighted by molar-refractivity contribution is -0.107. The second kappa shape index (κ2) is 2.74. The topological polar surface area (TPSA) is 29.4 Å². The summed E-state index contributed by atoms with van der Waals surface area (Å²) in [5, 5.41) is 0. The minimum absolute atomic E-state index is 0.138. The molecule has 0 spiro atoms. The van der Waals surface area contributed by atoms with Crippen molar-refractivity contribution in [1.29, 1.82) is 0 Å². The molecule has 1 heterocycles. The van der Waals surface area contributed by atoms with Crippen molar-refractivity contribution in [3.63, 3.8) is 0 Å². The summed E-state index contributed by atoms with van der Waals surface area (Å²) in [5.41, 5.74) is 1.52. The van der Waals surface area contributed by atoms with Crippen molar-refractivity contribution < 1.29 is 4.79 Å². The molecular weight excluding hydrogens is 150 g/mol. The normalized spacial score (nSPS) is 15.0. The molecule has 1 aromatic carbocycles. The van der Waals surface area contributed by atoms with Crippen molar-refractivity contribution in [2.75, 3.05) is 0 Å².